The number of pyridine rings is 1. The summed E-state index contributed by atoms with van der Waals surface area (Å²) in [5, 5.41) is 8.80. The molecule has 6 aromatic rings. The average molecular weight is 936 g/mol. The number of carbonyl (C=O) groups is 3. The van der Waals surface area contributed by atoms with Gasteiger partial charge in [-0.2, -0.15) is 5.06 Å². The number of aromatic nitrogens is 5. The van der Waals surface area contributed by atoms with E-state index in [0.29, 0.717) is 32.6 Å². The van der Waals surface area contributed by atoms with Crippen molar-refractivity contribution >= 4 is 29.0 Å². The predicted molar refractivity (Wildman–Crippen MR) is 259 cm³/mol. The molecule has 0 radical (unpaired) electrons. The van der Waals surface area contributed by atoms with Crippen LogP contribution in [0.5, 0.6) is 0 Å². The second kappa shape index (κ2) is 20.5. The molecule has 16 nitrogen and oxygen atoms in total. The number of aryl methyl sites for hydroxylation is 2. The van der Waals surface area contributed by atoms with E-state index in [2.05, 4.69) is 69.1 Å². The number of methoxy groups -OCH3 is 1. The van der Waals surface area contributed by atoms with E-state index in [-0.39, 0.29) is 36.6 Å². The monoisotopic (exact) mass is 935 g/mol. The number of amides is 3. The average Bonchev–Trinajstić information content (AvgIpc) is 4.21. The fourth-order valence-corrected chi connectivity index (χ4v) is 10.3. The molecule has 3 aromatic heterocycles. The van der Waals surface area contributed by atoms with Gasteiger partial charge in [0.05, 0.1) is 79.5 Å². The Hall–Kier alpha value is -6.62. The normalized spacial score (nSPS) is 19.4. The summed E-state index contributed by atoms with van der Waals surface area (Å²) in [4.78, 5) is 69.6. The number of nitrogens with zero attached hydrogens (tertiary/aromatic N) is 5. The highest BCUT2D eigenvalue weighted by Gasteiger charge is 2.38. The summed E-state index contributed by atoms with van der Waals surface area (Å²) in [6, 6.07) is 25.6. The quantitative estimate of drug-likeness (QED) is 0.0866. The summed E-state index contributed by atoms with van der Waals surface area (Å²) in [6.07, 6.45) is 8.26. The number of nitrogens with one attached hydrogen (secondary N) is 4. The lowest BCUT2D eigenvalue weighted by Crippen LogP contribution is -2.51. The number of alkyl carbamates (subject to hydrolysis) is 2. The van der Waals surface area contributed by atoms with Gasteiger partial charge in [0.25, 0.3) is 0 Å². The highest BCUT2D eigenvalue weighted by Crippen LogP contribution is 2.39. The van der Waals surface area contributed by atoms with Crippen molar-refractivity contribution < 1.29 is 33.4 Å². The Morgan fingerprint density at radius 1 is 0.812 bits per heavy atom. The molecule has 69 heavy (non-hydrogen) atoms. The van der Waals surface area contributed by atoms with Crippen LogP contribution in [0.15, 0.2) is 85.1 Å². The smallest absolute Gasteiger partial charge is 0.407 e. The molecule has 4 N–H and O–H groups in total. The van der Waals surface area contributed by atoms with Gasteiger partial charge in [-0.25, -0.2) is 24.5 Å². The Morgan fingerprint density at radius 3 is 2.45 bits per heavy atom. The molecule has 3 amide bonds. The second-order valence-electron chi connectivity index (χ2n) is 18.9. The highest BCUT2D eigenvalue weighted by molar-refractivity contribution is 5.87. The molecule has 6 heterocycles. The van der Waals surface area contributed by atoms with Crippen LogP contribution < -0.4 is 10.6 Å². The first-order valence-electron chi connectivity index (χ1n) is 24.5. The first-order chi connectivity index (χ1) is 33.7. The Labute approximate surface area is 401 Å². The summed E-state index contributed by atoms with van der Waals surface area (Å²) in [6.45, 7) is 6.64. The van der Waals surface area contributed by atoms with Crippen molar-refractivity contribution in [2.24, 2.45) is 5.92 Å². The number of hydroxylamine groups is 2. The number of fused-ring (bicyclic) bond motifs is 4. The number of ether oxygens (including phenoxy) is 3. The van der Waals surface area contributed by atoms with Gasteiger partial charge in [0.2, 0.25) is 5.91 Å². The first kappa shape index (κ1) is 46.1. The zero-order valence-electron chi connectivity index (χ0n) is 39.5. The predicted octanol–water partition coefficient (Wildman–Crippen LogP) is 8.93. The maximum Gasteiger partial charge on any atom is 0.407 e. The minimum absolute atomic E-state index is 0.0638. The van der Waals surface area contributed by atoms with Crippen molar-refractivity contribution in [2.45, 2.75) is 102 Å². The molecular formula is C53H61N9O7. The lowest BCUT2D eigenvalue weighted by atomic mass is 9.98. The van der Waals surface area contributed by atoms with Crippen LogP contribution in [-0.2, 0) is 36.7 Å². The van der Waals surface area contributed by atoms with Crippen LogP contribution >= 0.6 is 0 Å². The minimum atomic E-state index is -0.686. The third-order valence-corrected chi connectivity index (χ3v) is 14.0. The molecule has 3 aromatic carbocycles. The van der Waals surface area contributed by atoms with Crippen molar-refractivity contribution in [3.8, 4) is 33.8 Å². The van der Waals surface area contributed by atoms with Gasteiger partial charge in [-0.3, -0.25) is 9.63 Å². The maximum absolute atomic E-state index is 13.8. The van der Waals surface area contributed by atoms with E-state index in [4.69, 9.17) is 34.0 Å². The van der Waals surface area contributed by atoms with Gasteiger partial charge in [-0.15, -0.1) is 0 Å². The summed E-state index contributed by atoms with van der Waals surface area (Å²) in [7, 11) is 1.31. The molecule has 1 aliphatic carbocycles. The Kier molecular flexibility index (Phi) is 13.7. The zero-order valence-corrected chi connectivity index (χ0v) is 39.5. The standard InChI is InChI=1S/C53H61N9O7/c1-32(2)47(60-52(64)66-3)51(63)61-24-8-14-45(61)50-56-42-13-7-12-34-28-35(16-19-39(34)48(42)59-50)40-20-17-36-29-37(18-21-41(36)55-40)43-30-54-49(57-43)46-15-9-25-62(46)68-31-44(33-10-5-4-6-11-33)58-53(65)69-38-22-26-67-27-23-38/h4-6,10-11,16-21,28-30,32,38,44-47H,7-9,12-15,22-27,31H2,1-3H3,(H,54,57)(H,56,59)(H,58,65)(H,60,64)/t44-,45-,46-,47-/m0/s1. The number of hydrogen-bond acceptors (Lipinski definition) is 11. The number of aromatic amines is 2. The lowest BCUT2D eigenvalue weighted by Gasteiger charge is -2.30. The van der Waals surface area contributed by atoms with Crippen LogP contribution in [0.25, 0.3) is 44.7 Å². The van der Waals surface area contributed by atoms with Gasteiger partial charge < -0.3 is 39.7 Å². The summed E-state index contributed by atoms with van der Waals surface area (Å²) in [5.74, 6) is 1.41. The molecule has 0 spiro atoms. The highest BCUT2D eigenvalue weighted by atomic mass is 16.7. The second-order valence-corrected chi connectivity index (χ2v) is 18.9. The topological polar surface area (TPSA) is 189 Å². The van der Waals surface area contributed by atoms with Gasteiger partial charge in [0.1, 0.15) is 23.8 Å². The number of H-pyrrole nitrogens is 2. The third kappa shape index (κ3) is 10.1. The molecule has 3 aliphatic heterocycles. The molecule has 16 heteroatoms. The molecule has 0 bridgehead atoms. The van der Waals surface area contributed by atoms with E-state index in [1.807, 2.05) is 60.3 Å². The lowest BCUT2D eigenvalue weighted by molar-refractivity contribution is -0.177. The zero-order chi connectivity index (χ0) is 47.4. The van der Waals surface area contributed by atoms with Crippen molar-refractivity contribution in [2.75, 3.05) is 40.0 Å². The van der Waals surface area contributed by atoms with E-state index < -0.39 is 24.3 Å². The Morgan fingerprint density at radius 2 is 1.62 bits per heavy atom. The van der Waals surface area contributed by atoms with E-state index >= 15 is 0 Å². The largest absolute Gasteiger partial charge is 0.453 e. The van der Waals surface area contributed by atoms with E-state index in [0.717, 1.165) is 119 Å². The fraction of sp³-hybridized carbons (Fsp3) is 0.434. The fourth-order valence-electron chi connectivity index (χ4n) is 10.3. The molecule has 3 saturated heterocycles. The molecule has 10 rings (SSSR count). The molecule has 0 saturated carbocycles. The number of likely N-dealkylation sites (tertiary alicyclic amines) is 1. The summed E-state index contributed by atoms with van der Waals surface area (Å²) < 4.78 is 16.0. The molecule has 0 unspecified atom stereocenters. The number of hydrogen-bond donors (Lipinski definition) is 4. The van der Waals surface area contributed by atoms with Gasteiger partial charge in [0, 0.05) is 48.0 Å². The molecular weight excluding hydrogens is 875 g/mol. The van der Waals surface area contributed by atoms with E-state index in [1.165, 1.54) is 12.7 Å². The van der Waals surface area contributed by atoms with Gasteiger partial charge in [0.15, 0.2) is 0 Å². The number of carbonyl (C=O) groups excluding carboxylic acids is 3. The van der Waals surface area contributed by atoms with Gasteiger partial charge in [-0.05, 0) is 86.3 Å². The first-order valence-corrected chi connectivity index (χ1v) is 24.5. The number of benzene rings is 3. The summed E-state index contributed by atoms with van der Waals surface area (Å²) in [5.41, 5.74) is 10.1. The minimum Gasteiger partial charge on any atom is -0.453 e. The Balaban J connectivity index is 0.809. The molecule has 360 valence electrons. The number of rotatable bonds is 13. The summed E-state index contributed by atoms with van der Waals surface area (Å²) >= 11 is 0. The van der Waals surface area contributed by atoms with Crippen LogP contribution in [0.3, 0.4) is 0 Å². The third-order valence-electron chi connectivity index (χ3n) is 14.0. The van der Waals surface area contributed by atoms with Gasteiger partial charge >= 0.3 is 12.2 Å². The van der Waals surface area contributed by atoms with E-state index in [9.17, 15) is 14.4 Å². The van der Waals surface area contributed by atoms with Crippen LogP contribution in [-0.4, -0.2) is 105 Å². The SMILES string of the molecule is COC(=O)N[C@H](C(=O)N1CCC[C@H]1c1nc2c([nH]1)-c1ccc(-c3ccc4cc(-c5cnc([C@@H]6CCCN6OC[C@H](NC(=O)OC6CCOCC6)c6ccccc6)[nH]5)ccc4n3)cc1CCC2)C(C)C. The molecule has 3 fully saturated rings. The Bertz CT molecular complexity index is 2790. The van der Waals surface area contributed by atoms with Gasteiger partial charge in [-0.1, -0.05) is 68.4 Å². The van der Waals surface area contributed by atoms with Crippen molar-refractivity contribution in [3.05, 3.63) is 114 Å². The van der Waals surface area contributed by atoms with Crippen LogP contribution in [0.4, 0.5) is 9.59 Å². The van der Waals surface area contributed by atoms with E-state index in [1.54, 1.807) is 0 Å². The van der Waals surface area contributed by atoms with Crippen molar-refractivity contribution in [3.63, 3.8) is 0 Å². The van der Waals surface area contributed by atoms with Crippen LogP contribution in [0.1, 0.15) is 105 Å². The van der Waals surface area contributed by atoms with Crippen molar-refractivity contribution in [1.29, 1.82) is 0 Å². The van der Waals surface area contributed by atoms with Crippen LogP contribution in [0, 0.1) is 5.92 Å². The molecule has 4 atom stereocenters. The van der Waals surface area contributed by atoms with Crippen LogP contribution in [0.2, 0.25) is 0 Å². The maximum atomic E-state index is 13.8. The molecule has 4 aliphatic rings. The van der Waals surface area contributed by atoms with Crippen molar-refractivity contribution in [1.82, 2.24) is 45.5 Å². The number of imidazole rings is 2.